The number of aryl methyl sites for hydroxylation is 1. The fourth-order valence-electron chi connectivity index (χ4n) is 2.33. The van der Waals surface area contributed by atoms with Gasteiger partial charge in [0.2, 0.25) is 5.91 Å². The molecular weight excluding hydrogens is 330 g/mol. The maximum Gasteiger partial charge on any atom is 0.322 e. The third-order valence-electron chi connectivity index (χ3n) is 3.69. The molecule has 0 atom stereocenters. The number of ether oxygens (including phenoxy) is 1. The summed E-state index contributed by atoms with van der Waals surface area (Å²) in [5.74, 6) is -0.722. The van der Waals surface area contributed by atoms with Crippen molar-refractivity contribution in [1.29, 1.82) is 0 Å². The first-order valence-electron chi connectivity index (χ1n) is 8.58. The molecule has 0 fully saturated rings. The number of aliphatic carboxylic acids is 1. The van der Waals surface area contributed by atoms with Crippen LogP contribution in [0.25, 0.3) is 6.08 Å². The fourth-order valence-corrected chi connectivity index (χ4v) is 2.33. The molecule has 0 radical (unpaired) electrons. The molecule has 1 amide bonds. The topological polar surface area (TPSA) is 75.6 Å². The molecule has 0 saturated carbocycles. The van der Waals surface area contributed by atoms with Crippen molar-refractivity contribution in [2.45, 2.75) is 19.3 Å². The highest BCUT2D eigenvalue weighted by Gasteiger charge is 2.00. The summed E-state index contributed by atoms with van der Waals surface area (Å²) in [5.41, 5.74) is 2.18. The normalized spacial score (nSPS) is 10.6. The zero-order chi connectivity index (χ0) is 18.6. The number of nitrogens with one attached hydrogen (secondary N) is 1. The van der Waals surface area contributed by atoms with Crippen LogP contribution in [0, 0.1) is 0 Å². The van der Waals surface area contributed by atoms with Gasteiger partial charge in [-0.25, -0.2) is 0 Å². The van der Waals surface area contributed by atoms with Crippen molar-refractivity contribution in [3.8, 4) is 5.75 Å². The second kappa shape index (κ2) is 10.7. The summed E-state index contributed by atoms with van der Waals surface area (Å²) in [7, 11) is 0. The van der Waals surface area contributed by atoms with E-state index in [-0.39, 0.29) is 6.54 Å². The van der Waals surface area contributed by atoms with Crippen LogP contribution in [0.4, 0.5) is 0 Å². The third-order valence-corrected chi connectivity index (χ3v) is 3.69. The van der Waals surface area contributed by atoms with Crippen LogP contribution >= 0.6 is 0 Å². The van der Waals surface area contributed by atoms with Gasteiger partial charge in [-0.05, 0) is 48.6 Å². The van der Waals surface area contributed by atoms with Gasteiger partial charge in [-0.1, -0.05) is 42.5 Å². The summed E-state index contributed by atoms with van der Waals surface area (Å²) in [6.07, 6.45) is 6.05. The van der Waals surface area contributed by atoms with E-state index in [1.165, 1.54) is 11.6 Å². The quantitative estimate of drug-likeness (QED) is 0.508. The van der Waals surface area contributed by atoms with Crippen molar-refractivity contribution in [3.63, 3.8) is 0 Å². The number of benzene rings is 2. The van der Waals surface area contributed by atoms with E-state index in [0.717, 1.165) is 30.6 Å². The molecule has 0 unspecified atom stereocenters. The van der Waals surface area contributed by atoms with Crippen LogP contribution < -0.4 is 10.1 Å². The van der Waals surface area contributed by atoms with Crippen molar-refractivity contribution in [2.24, 2.45) is 0 Å². The van der Waals surface area contributed by atoms with E-state index < -0.39 is 11.9 Å². The Morgan fingerprint density at radius 2 is 1.73 bits per heavy atom. The maximum atomic E-state index is 11.4. The zero-order valence-corrected chi connectivity index (χ0v) is 14.6. The minimum Gasteiger partial charge on any atom is -0.494 e. The predicted octanol–water partition coefficient (Wildman–Crippen LogP) is 3.30. The Hall–Kier alpha value is -3.08. The number of amides is 1. The Labute approximate surface area is 153 Å². The summed E-state index contributed by atoms with van der Waals surface area (Å²) in [6, 6.07) is 17.8. The molecule has 136 valence electrons. The Bertz CT molecular complexity index is 723. The summed E-state index contributed by atoms with van der Waals surface area (Å²) in [5, 5.41) is 10.8. The Morgan fingerprint density at radius 3 is 2.42 bits per heavy atom. The zero-order valence-electron chi connectivity index (χ0n) is 14.6. The Kier molecular flexibility index (Phi) is 7.93. The standard InChI is InChI=1S/C21H23NO4/c23-20(22-16-21(24)25)14-11-18-9-12-19(13-10-18)26-15-5-4-8-17-6-2-1-3-7-17/h1-3,6-7,9-14H,4-5,8,15-16H2,(H,22,23)(H,24,25). The van der Waals surface area contributed by atoms with Crippen LogP contribution in [0.5, 0.6) is 5.75 Å². The van der Waals surface area contributed by atoms with Gasteiger partial charge in [-0.15, -0.1) is 0 Å². The van der Waals surface area contributed by atoms with E-state index in [2.05, 4.69) is 29.6 Å². The molecule has 26 heavy (non-hydrogen) atoms. The number of unbranched alkanes of at least 4 members (excludes halogenated alkanes) is 1. The molecule has 5 nitrogen and oxygen atoms in total. The van der Waals surface area contributed by atoms with E-state index in [9.17, 15) is 9.59 Å². The lowest BCUT2D eigenvalue weighted by molar-refractivity contribution is -0.137. The van der Waals surface area contributed by atoms with Crippen molar-refractivity contribution in [2.75, 3.05) is 13.2 Å². The highest BCUT2D eigenvalue weighted by Crippen LogP contribution is 2.14. The predicted molar refractivity (Wildman–Crippen MR) is 101 cm³/mol. The summed E-state index contributed by atoms with van der Waals surface area (Å²) in [6.45, 7) is 0.278. The van der Waals surface area contributed by atoms with Gasteiger partial charge < -0.3 is 15.2 Å². The number of hydrogen-bond donors (Lipinski definition) is 2. The molecular formula is C21H23NO4. The minimum atomic E-state index is -1.07. The highest BCUT2D eigenvalue weighted by atomic mass is 16.5. The van der Waals surface area contributed by atoms with Crippen molar-refractivity contribution in [3.05, 3.63) is 71.8 Å². The Morgan fingerprint density at radius 1 is 1.00 bits per heavy atom. The fraction of sp³-hybridized carbons (Fsp3) is 0.238. The van der Waals surface area contributed by atoms with Crippen LogP contribution in [-0.2, 0) is 16.0 Å². The number of carboxylic acids is 1. The lowest BCUT2D eigenvalue weighted by atomic mass is 10.1. The number of carbonyl (C=O) groups is 2. The largest absolute Gasteiger partial charge is 0.494 e. The number of hydrogen-bond acceptors (Lipinski definition) is 3. The number of rotatable bonds is 10. The average Bonchev–Trinajstić information content (AvgIpc) is 2.66. The average molecular weight is 353 g/mol. The van der Waals surface area contributed by atoms with Crippen LogP contribution in [-0.4, -0.2) is 30.1 Å². The molecule has 2 aromatic carbocycles. The van der Waals surface area contributed by atoms with Gasteiger partial charge in [0.1, 0.15) is 12.3 Å². The van der Waals surface area contributed by atoms with Gasteiger partial charge >= 0.3 is 5.97 Å². The molecule has 0 saturated heterocycles. The third kappa shape index (κ3) is 7.66. The first kappa shape index (κ1) is 19.2. The van der Waals surface area contributed by atoms with E-state index in [0.29, 0.717) is 6.61 Å². The lowest BCUT2D eigenvalue weighted by Crippen LogP contribution is -2.27. The second-order valence-corrected chi connectivity index (χ2v) is 5.81. The van der Waals surface area contributed by atoms with Crippen molar-refractivity contribution in [1.82, 2.24) is 5.32 Å². The van der Waals surface area contributed by atoms with Crippen LogP contribution in [0.15, 0.2) is 60.7 Å². The van der Waals surface area contributed by atoms with Gasteiger partial charge in [-0.3, -0.25) is 9.59 Å². The van der Waals surface area contributed by atoms with E-state index >= 15 is 0 Å². The first-order valence-corrected chi connectivity index (χ1v) is 8.58. The van der Waals surface area contributed by atoms with Crippen molar-refractivity contribution >= 4 is 18.0 Å². The molecule has 0 aliphatic heterocycles. The van der Waals surface area contributed by atoms with E-state index in [1.54, 1.807) is 6.08 Å². The molecule has 0 aromatic heterocycles. The summed E-state index contributed by atoms with van der Waals surface area (Å²) < 4.78 is 5.72. The lowest BCUT2D eigenvalue weighted by Gasteiger charge is -2.06. The molecule has 0 aliphatic rings. The second-order valence-electron chi connectivity index (χ2n) is 5.81. The smallest absolute Gasteiger partial charge is 0.322 e. The molecule has 2 rings (SSSR count). The van der Waals surface area contributed by atoms with Crippen LogP contribution in [0.1, 0.15) is 24.0 Å². The molecule has 2 aromatic rings. The van der Waals surface area contributed by atoms with Crippen LogP contribution in [0.3, 0.4) is 0 Å². The van der Waals surface area contributed by atoms with Gasteiger partial charge in [0.15, 0.2) is 0 Å². The van der Waals surface area contributed by atoms with Crippen molar-refractivity contribution < 1.29 is 19.4 Å². The SMILES string of the molecule is O=C(O)CNC(=O)C=Cc1ccc(OCCCCc2ccccc2)cc1. The van der Waals surface area contributed by atoms with Crippen LogP contribution in [0.2, 0.25) is 0 Å². The van der Waals surface area contributed by atoms with Gasteiger partial charge in [0, 0.05) is 6.08 Å². The Balaban J connectivity index is 1.67. The molecule has 2 N–H and O–H groups in total. The minimum absolute atomic E-state index is 0.389. The van der Waals surface area contributed by atoms with Gasteiger partial charge in [0.25, 0.3) is 0 Å². The molecule has 0 bridgehead atoms. The highest BCUT2D eigenvalue weighted by molar-refractivity contribution is 5.93. The molecule has 0 heterocycles. The molecule has 5 heteroatoms. The van der Waals surface area contributed by atoms with E-state index in [4.69, 9.17) is 9.84 Å². The monoisotopic (exact) mass is 353 g/mol. The van der Waals surface area contributed by atoms with Gasteiger partial charge in [0.05, 0.1) is 6.61 Å². The number of carboxylic acid groups (broad SMARTS) is 1. The molecule has 0 aliphatic carbocycles. The number of carbonyl (C=O) groups excluding carboxylic acids is 1. The van der Waals surface area contributed by atoms with E-state index in [1.807, 2.05) is 30.3 Å². The van der Waals surface area contributed by atoms with Gasteiger partial charge in [-0.2, -0.15) is 0 Å². The maximum absolute atomic E-state index is 11.4. The molecule has 0 spiro atoms. The summed E-state index contributed by atoms with van der Waals surface area (Å²) >= 11 is 0. The summed E-state index contributed by atoms with van der Waals surface area (Å²) in [4.78, 5) is 21.8. The first-order chi connectivity index (χ1) is 12.6.